The number of aliphatic imine (C=N–C) groups is 1. The van der Waals surface area contributed by atoms with E-state index >= 15 is 0 Å². The highest BCUT2D eigenvalue weighted by molar-refractivity contribution is 14.0. The van der Waals surface area contributed by atoms with Crippen molar-refractivity contribution in [3.8, 4) is 0 Å². The molecule has 3 N–H and O–H groups in total. The molecule has 164 valence electrons. The second-order valence-electron chi connectivity index (χ2n) is 9.36. The summed E-state index contributed by atoms with van der Waals surface area (Å²) in [6.45, 7) is 11.7. The Morgan fingerprint density at radius 1 is 1.24 bits per heavy atom. The van der Waals surface area contributed by atoms with Gasteiger partial charge in [0.25, 0.3) is 5.91 Å². The minimum atomic E-state index is -0.803. The van der Waals surface area contributed by atoms with Gasteiger partial charge in [0.05, 0.1) is 6.10 Å². The van der Waals surface area contributed by atoms with E-state index in [0.29, 0.717) is 18.1 Å². The lowest BCUT2D eigenvalue weighted by Gasteiger charge is -2.55. The van der Waals surface area contributed by atoms with Crippen molar-refractivity contribution in [2.24, 2.45) is 22.2 Å². The molecule has 4 aliphatic rings. The number of guanidine groups is 1. The maximum absolute atomic E-state index is 12.2. The number of piperidine rings is 1. The number of imide groups is 1. The van der Waals surface area contributed by atoms with E-state index in [9.17, 15) is 9.59 Å². The van der Waals surface area contributed by atoms with Crippen molar-refractivity contribution in [1.82, 2.24) is 20.9 Å². The first-order chi connectivity index (χ1) is 13.3. The summed E-state index contributed by atoms with van der Waals surface area (Å²) < 4.78 is 5.92. The summed E-state index contributed by atoms with van der Waals surface area (Å²) in [6, 6.07) is -0.00850. The van der Waals surface area contributed by atoms with E-state index < -0.39 is 5.54 Å². The zero-order valence-corrected chi connectivity index (χ0v) is 20.1. The molecule has 0 aromatic heterocycles. The maximum Gasteiger partial charge on any atom is 0.322 e. The lowest BCUT2D eigenvalue weighted by Crippen LogP contribution is -2.68. The van der Waals surface area contributed by atoms with E-state index in [1.165, 1.54) is 0 Å². The van der Waals surface area contributed by atoms with Crippen molar-refractivity contribution in [2.45, 2.75) is 64.6 Å². The summed E-state index contributed by atoms with van der Waals surface area (Å²) in [5.74, 6) is 1.45. The molecule has 4 unspecified atom stereocenters. The predicted octanol–water partition coefficient (Wildman–Crippen LogP) is 1.69. The molecule has 29 heavy (non-hydrogen) atoms. The van der Waals surface area contributed by atoms with Crippen molar-refractivity contribution in [3.63, 3.8) is 0 Å². The van der Waals surface area contributed by atoms with Crippen LogP contribution in [0.25, 0.3) is 0 Å². The van der Waals surface area contributed by atoms with Crippen molar-refractivity contribution < 1.29 is 14.3 Å². The number of nitrogens with zero attached hydrogens (tertiary/aromatic N) is 2. The molecule has 3 heterocycles. The van der Waals surface area contributed by atoms with Gasteiger partial charge in [0.15, 0.2) is 5.96 Å². The molecule has 4 atom stereocenters. The third-order valence-electron chi connectivity index (χ3n) is 7.38. The van der Waals surface area contributed by atoms with Crippen LogP contribution in [-0.4, -0.2) is 66.7 Å². The molecule has 0 aromatic carbocycles. The number of carbonyl (C=O) groups excluding carboxylic acids is 2. The molecule has 0 radical (unpaired) electrons. The number of rotatable bonds is 3. The number of ether oxygens (including phenoxy) is 1. The minimum absolute atomic E-state index is 0. The van der Waals surface area contributed by atoms with E-state index in [1.54, 1.807) is 0 Å². The summed E-state index contributed by atoms with van der Waals surface area (Å²) in [5, 5.41) is 8.95. The number of fused-ring (bicyclic) bond motifs is 1. The van der Waals surface area contributed by atoms with Crippen LogP contribution in [0.3, 0.4) is 0 Å². The maximum atomic E-state index is 12.2. The molecule has 3 aliphatic heterocycles. The molecule has 0 aromatic rings. The normalized spacial score (nSPS) is 36.6. The Labute approximate surface area is 190 Å². The van der Waals surface area contributed by atoms with Gasteiger partial charge in [-0.25, -0.2) is 4.79 Å². The summed E-state index contributed by atoms with van der Waals surface area (Å²) >= 11 is 0. The molecule has 1 saturated carbocycles. The third kappa shape index (κ3) is 3.73. The quantitative estimate of drug-likeness (QED) is 0.229. The van der Waals surface area contributed by atoms with Gasteiger partial charge in [-0.15, -0.1) is 24.0 Å². The molecular formula is C20H34IN5O3. The molecule has 8 nitrogen and oxygen atoms in total. The van der Waals surface area contributed by atoms with Gasteiger partial charge in [-0.3, -0.25) is 15.1 Å². The highest BCUT2D eigenvalue weighted by Gasteiger charge is 2.60. The van der Waals surface area contributed by atoms with E-state index in [4.69, 9.17) is 9.73 Å². The molecule has 1 aliphatic carbocycles. The van der Waals surface area contributed by atoms with Gasteiger partial charge >= 0.3 is 6.03 Å². The van der Waals surface area contributed by atoms with Crippen LogP contribution in [0.5, 0.6) is 0 Å². The van der Waals surface area contributed by atoms with E-state index in [1.807, 2.05) is 6.92 Å². The molecule has 4 rings (SSSR count). The van der Waals surface area contributed by atoms with Crippen LogP contribution in [0.1, 0.15) is 47.0 Å². The fourth-order valence-corrected chi connectivity index (χ4v) is 5.66. The van der Waals surface area contributed by atoms with Crippen LogP contribution in [0.4, 0.5) is 4.79 Å². The molecule has 3 amide bonds. The highest BCUT2D eigenvalue weighted by atomic mass is 127. The van der Waals surface area contributed by atoms with Crippen LogP contribution < -0.4 is 16.0 Å². The minimum Gasteiger partial charge on any atom is -0.377 e. The van der Waals surface area contributed by atoms with Gasteiger partial charge in [0, 0.05) is 43.6 Å². The summed E-state index contributed by atoms with van der Waals surface area (Å²) in [6.07, 6.45) is 3.15. The number of urea groups is 1. The third-order valence-corrected chi connectivity index (χ3v) is 7.38. The van der Waals surface area contributed by atoms with Gasteiger partial charge in [-0.2, -0.15) is 0 Å². The first-order valence-electron chi connectivity index (χ1n) is 10.6. The van der Waals surface area contributed by atoms with E-state index in [2.05, 4.69) is 41.6 Å². The molecule has 3 saturated heterocycles. The van der Waals surface area contributed by atoms with Gasteiger partial charge < -0.3 is 20.3 Å². The Hall–Kier alpha value is -1.10. The standard InChI is InChI=1S/C20H33N5O3.HI/c1-5-21-17(22-14-13-8-11-28-15(13)19(14,2)3)25-9-6-12(7-10-25)20(4)16(26)23-18(27)24-20;/h12-15H,5-11H2,1-4H3,(H,21,22)(H2,23,24,26,27);1H. The van der Waals surface area contributed by atoms with Crippen LogP contribution in [0.15, 0.2) is 4.99 Å². The van der Waals surface area contributed by atoms with E-state index in [-0.39, 0.29) is 47.2 Å². The fraction of sp³-hybridized carbons (Fsp3) is 0.850. The van der Waals surface area contributed by atoms with E-state index in [0.717, 1.165) is 51.5 Å². The van der Waals surface area contributed by atoms with Crippen LogP contribution >= 0.6 is 24.0 Å². The average molecular weight is 519 g/mol. The zero-order valence-electron chi connectivity index (χ0n) is 17.8. The number of nitrogens with one attached hydrogen (secondary N) is 3. The molecule has 9 heteroatoms. The molecule has 0 spiro atoms. The van der Waals surface area contributed by atoms with Crippen LogP contribution in [-0.2, 0) is 9.53 Å². The van der Waals surface area contributed by atoms with Crippen LogP contribution in [0.2, 0.25) is 0 Å². The Morgan fingerprint density at radius 2 is 1.93 bits per heavy atom. The fourth-order valence-electron chi connectivity index (χ4n) is 5.66. The summed E-state index contributed by atoms with van der Waals surface area (Å²) in [4.78, 5) is 30.9. The lowest BCUT2D eigenvalue weighted by atomic mass is 9.57. The summed E-state index contributed by atoms with van der Waals surface area (Å²) in [7, 11) is 0. The zero-order chi connectivity index (χ0) is 20.1. The average Bonchev–Trinajstić information content (AvgIpc) is 3.22. The van der Waals surface area contributed by atoms with Gasteiger partial charge in [-0.1, -0.05) is 13.8 Å². The number of halogens is 1. The van der Waals surface area contributed by atoms with Gasteiger partial charge in [0.1, 0.15) is 5.54 Å². The van der Waals surface area contributed by atoms with Gasteiger partial charge in [0.2, 0.25) is 0 Å². The lowest BCUT2D eigenvalue weighted by molar-refractivity contribution is -0.125. The smallest absolute Gasteiger partial charge is 0.322 e. The predicted molar refractivity (Wildman–Crippen MR) is 121 cm³/mol. The number of carbonyl (C=O) groups is 2. The second-order valence-corrected chi connectivity index (χ2v) is 9.36. The monoisotopic (exact) mass is 519 g/mol. The number of hydrogen-bond acceptors (Lipinski definition) is 4. The van der Waals surface area contributed by atoms with Gasteiger partial charge in [-0.05, 0) is 39.0 Å². The second kappa shape index (κ2) is 8.20. The first-order valence-corrected chi connectivity index (χ1v) is 10.6. The van der Waals surface area contributed by atoms with Crippen molar-refractivity contribution >= 4 is 41.9 Å². The highest BCUT2D eigenvalue weighted by Crippen LogP contribution is 2.52. The SMILES string of the molecule is CCN=C(NC1C2CCOC2C1(C)C)N1CCC(C2(C)NC(=O)NC2=O)CC1.I. The van der Waals surface area contributed by atoms with Crippen molar-refractivity contribution in [2.75, 3.05) is 26.2 Å². The van der Waals surface area contributed by atoms with Crippen LogP contribution in [0, 0.1) is 17.3 Å². The Kier molecular flexibility index (Phi) is 6.39. The molecular weight excluding hydrogens is 485 g/mol. The molecule has 4 fully saturated rings. The Bertz CT molecular complexity index is 692. The largest absolute Gasteiger partial charge is 0.377 e. The Morgan fingerprint density at radius 3 is 2.52 bits per heavy atom. The molecule has 0 bridgehead atoms. The van der Waals surface area contributed by atoms with Crippen molar-refractivity contribution in [1.29, 1.82) is 0 Å². The van der Waals surface area contributed by atoms with Crippen molar-refractivity contribution in [3.05, 3.63) is 0 Å². The number of likely N-dealkylation sites (tertiary alicyclic amines) is 1. The first kappa shape index (κ1) is 22.6. The topological polar surface area (TPSA) is 95.1 Å². The Balaban J connectivity index is 0.00000240. The number of amides is 3. The number of hydrogen-bond donors (Lipinski definition) is 3. The summed E-state index contributed by atoms with van der Waals surface area (Å²) in [5.41, 5.74) is -0.698.